The third kappa shape index (κ3) is 2.87. The minimum atomic E-state index is -0.397. The Morgan fingerprint density at radius 2 is 2.33 bits per heavy atom. The Labute approximate surface area is 95.8 Å². The van der Waals surface area contributed by atoms with Crippen LogP contribution in [0.2, 0.25) is 0 Å². The molecule has 15 heavy (non-hydrogen) atoms. The third-order valence-electron chi connectivity index (χ3n) is 2.04. The van der Waals surface area contributed by atoms with Crippen molar-refractivity contribution < 1.29 is 9.18 Å². The van der Waals surface area contributed by atoms with E-state index in [0.29, 0.717) is 10.0 Å². The number of Topliss-reactive ketones (excluding diaryl/α,β-unsaturated/α-hetero) is 1. The van der Waals surface area contributed by atoms with Gasteiger partial charge in [-0.15, -0.1) is 0 Å². The molecule has 0 fully saturated rings. The molecule has 0 aliphatic carbocycles. The van der Waals surface area contributed by atoms with E-state index < -0.39 is 5.82 Å². The maximum absolute atomic E-state index is 12.8. The van der Waals surface area contributed by atoms with Gasteiger partial charge in [0, 0.05) is 22.4 Å². The van der Waals surface area contributed by atoms with Crippen molar-refractivity contribution >= 4 is 21.7 Å². The first-order chi connectivity index (χ1) is 7.06. The van der Waals surface area contributed by atoms with Crippen LogP contribution in [0.3, 0.4) is 0 Å². The summed E-state index contributed by atoms with van der Waals surface area (Å²) in [6, 6.07) is 5.84. The van der Waals surface area contributed by atoms with Gasteiger partial charge in [-0.25, -0.2) is 4.39 Å². The lowest BCUT2D eigenvalue weighted by Crippen LogP contribution is -2.11. The third-order valence-corrected chi connectivity index (χ3v) is 2.70. The average molecular weight is 270 g/mol. The Bertz CT molecular complexity index is 425. The second-order valence-electron chi connectivity index (χ2n) is 3.25. The van der Waals surface area contributed by atoms with Crippen LogP contribution in [0.15, 0.2) is 22.7 Å². The molecule has 0 saturated carbocycles. The fourth-order valence-electron chi connectivity index (χ4n) is 1.18. The summed E-state index contributed by atoms with van der Waals surface area (Å²) >= 11 is 3.12. The summed E-state index contributed by atoms with van der Waals surface area (Å²) in [5, 5.41) is 8.47. The van der Waals surface area contributed by atoms with Crippen molar-refractivity contribution in [1.82, 2.24) is 0 Å². The highest BCUT2D eigenvalue weighted by Crippen LogP contribution is 2.22. The van der Waals surface area contributed by atoms with E-state index in [0.717, 1.165) is 0 Å². The number of nitrogens with zero attached hydrogens (tertiary/aromatic N) is 1. The Morgan fingerprint density at radius 3 is 2.87 bits per heavy atom. The first-order valence-electron chi connectivity index (χ1n) is 4.42. The molecule has 1 rings (SSSR count). The molecule has 1 aromatic rings. The van der Waals surface area contributed by atoms with Crippen molar-refractivity contribution in [2.24, 2.45) is 5.92 Å². The molecule has 0 spiro atoms. The summed E-state index contributed by atoms with van der Waals surface area (Å²) in [4.78, 5) is 11.8. The molecule has 0 aliphatic rings. The largest absolute Gasteiger partial charge is 0.294 e. The van der Waals surface area contributed by atoms with Gasteiger partial charge in [-0.05, 0) is 34.1 Å². The molecule has 1 aromatic carbocycles. The molecular formula is C11H9BrFNO. The van der Waals surface area contributed by atoms with Crippen LogP contribution in [0.5, 0.6) is 0 Å². The minimum Gasteiger partial charge on any atom is -0.294 e. The first kappa shape index (κ1) is 11.9. The molecule has 4 heteroatoms. The molecular weight excluding hydrogens is 261 g/mol. The van der Waals surface area contributed by atoms with E-state index in [1.807, 2.05) is 6.07 Å². The maximum atomic E-state index is 12.8. The fraction of sp³-hybridized carbons (Fsp3) is 0.273. The van der Waals surface area contributed by atoms with E-state index in [1.54, 1.807) is 6.92 Å². The second-order valence-corrected chi connectivity index (χ2v) is 4.11. The summed E-state index contributed by atoms with van der Waals surface area (Å²) in [6.45, 7) is 1.68. The van der Waals surface area contributed by atoms with Crippen molar-refractivity contribution in [3.8, 4) is 6.07 Å². The zero-order valence-electron chi connectivity index (χ0n) is 8.13. The van der Waals surface area contributed by atoms with E-state index in [4.69, 9.17) is 5.26 Å². The maximum Gasteiger partial charge on any atom is 0.167 e. The number of benzene rings is 1. The van der Waals surface area contributed by atoms with E-state index in [-0.39, 0.29) is 18.1 Å². The highest BCUT2D eigenvalue weighted by atomic mass is 79.9. The predicted octanol–water partition coefficient (Wildman–Crippen LogP) is 3.32. The number of carbonyl (C=O) groups excluding carboxylic acids is 1. The lowest BCUT2D eigenvalue weighted by molar-refractivity contribution is 0.0931. The summed E-state index contributed by atoms with van der Waals surface area (Å²) in [7, 11) is 0. The van der Waals surface area contributed by atoms with Crippen LogP contribution >= 0.6 is 15.9 Å². The van der Waals surface area contributed by atoms with Gasteiger partial charge in [-0.2, -0.15) is 5.26 Å². The Morgan fingerprint density at radius 1 is 1.67 bits per heavy atom. The molecule has 0 amide bonds. The van der Waals surface area contributed by atoms with E-state index in [9.17, 15) is 9.18 Å². The number of ketones is 1. The molecule has 78 valence electrons. The number of hydrogen-bond donors (Lipinski definition) is 0. The van der Waals surface area contributed by atoms with Crippen LogP contribution in [0.1, 0.15) is 23.7 Å². The Kier molecular flexibility index (Phi) is 3.98. The van der Waals surface area contributed by atoms with Gasteiger partial charge in [0.25, 0.3) is 0 Å². The summed E-state index contributed by atoms with van der Waals surface area (Å²) in [6.07, 6.45) is 0.169. The van der Waals surface area contributed by atoms with Crippen molar-refractivity contribution in [2.45, 2.75) is 13.3 Å². The molecule has 0 aliphatic heterocycles. The van der Waals surface area contributed by atoms with Gasteiger partial charge in [0.05, 0.1) is 6.07 Å². The highest BCUT2D eigenvalue weighted by molar-refractivity contribution is 9.10. The number of halogens is 2. The zero-order chi connectivity index (χ0) is 11.4. The standard InChI is InChI=1S/C11H9BrFNO/c1-7(4-5-14)11(15)9-3-2-8(13)6-10(9)12/h2-3,6-7H,4H2,1H3. The monoisotopic (exact) mass is 269 g/mol. The molecule has 0 N–H and O–H groups in total. The number of nitriles is 1. The lowest BCUT2D eigenvalue weighted by atomic mass is 9.97. The van der Waals surface area contributed by atoms with Gasteiger partial charge >= 0.3 is 0 Å². The van der Waals surface area contributed by atoms with Crippen molar-refractivity contribution in [2.75, 3.05) is 0 Å². The topological polar surface area (TPSA) is 40.9 Å². The molecule has 0 bridgehead atoms. The molecule has 0 heterocycles. The van der Waals surface area contributed by atoms with Crippen LogP contribution in [0, 0.1) is 23.1 Å². The van der Waals surface area contributed by atoms with E-state index in [1.165, 1.54) is 18.2 Å². The fourth-order valence-corrected chi connectivity index (χ4v) is 1.73. The minimum absolute atomic E-state index is 0.150. The average Bonchev–Trinajstić information content (AvgIpc) is 2.17. The van der Waals surface area contributed by atoms with Crippen molar-refractivity contribution in [3.63, 3.8) is 0 Å². The summed E-state index contributed by atoms with van der Waals surface area (Å²) < 4.78 is 13.2. The molecule has 1 unspecified atom stereocenters. The van der Waals surface area contributed by atoms with Gasteiger partial charge in [0.2, 0.25) is 0 Å². The highest BCUT2D eigenvalue weighted by Gasteiger charge is 2.17. The van der Waals surface area contributed by atoms with E-state index in [2.05, 4.69) is 15.9 Å². The SMILES string of the molecule is CC(CC#N)C(=O)c1ccc(F)cc1Br. The van der Waals surface area contributed by atoms with Crippen molar-refractivity contribution in [3.05, 3.63) is 34.1 Å². The van der Waals surface area contributed by atoms with Crippen LogP contribution < -0.4 is 0 Å². The molecule has 2 nitrogen and oxygen atoms in total. The predicted molar refractivity (Wildman–Crippen MR) is 57.8 cm³/mol. The first-order valence-corrected chi connectivity index (χ1v) is 5.21. The Hall–Kier alpha value is -1.21. The van der Waals surface area contributed by atoms with Gasteiger partial charge < -0.3 is 0 Å². The van der Waals surface area contributed by atoms with Gasteiger partial charge in [0.1, 0.15) is 5.82 Å². The summed E-state index contributed by atoms with van der Waals surface area (Å²) in [5.41, 5.74) is 0.416. The van der Waals surface area contributed by atoms with Crippen LogP contribution in [0.25, 0.3) is 0 Å². The summed E-state index contributed by atoms with van der Waals surface area (Å²) in [5.74, 6) is -0.911. The van der Waals surface area contributed by atoms with Crippen molar-refractivity contribution in [1.29, 1.82) is 5.26 Å². The quantitative estimate of drug-likeness (QED) is 0.790. The number of rotatable bonds is 3. The molecule has 0 radical (unpaired) electrons. The Balaban J connectivity index is 2.97. The van der Waals surface area contributed by atoms with Crippen LogP contribution in [-0.2, 0) is 0 Å². The normalized spacial score (nSPS) is 11.9. The molecule has 0 aromatic heterocycles. The van der Waals surface area contributed by atoms with Crippen LogP contribution in [-0.4, -0.2) is 5.78 Å². The van der Waals surface area contributed by atoms with Gasteiger partial charge in [-0.1, -0.05) is 6.92 Å². The second kappa shape index (κ2) is 5.04. The van der Waals surface area contributed by atoms with Gasteiger partial charge in [-0.3, -0.25) is 4.79 Å². The lowest BCUT2D eigenvalue weighted by Gasteiger charge is -2.07. The van der Waals surface area contributed by atoms with Gasteiger partial charge in [0.15, 0.2) is 5.78 Å². The molecule has 0 saturated heterocycles. The number of hydrogen-bond acceptors (Lipinski definition) is 2. The smallest absolute Gasteiger partial charge is 0.167 e. The van der Waals surface area contributed by atoms with E-state index >= 15 is 0 Å². The molecule has 1 atom stereocenters. The number of carbonyl (C=O) groups is 1. The zero-order valence-corrected chi connectivity index (χ0v) is 9.71. The van der Waals surface area contributed by atoms with Crippen LogP contribution in [0.4, 0.5) is 4.39 Å².